The van der Waals surface area contributed by atoms with E-state index in [1.165, 1.54) is 36.1 Å². The van der Waals surface area contributed by atoms with Crippen molar-refractivity contribution < 1.29 is 9.64 Å². The Morgan fingerprint density at radius 1 is 1.08 bits per heavy atom. The van der Waals surface area contributed by atoms with Crippen LogP contribution in [-0.2, 0) is 5.54 Å². The highest BCUT2D eigenvalue weighted by molar-refractivity contribution is 5.37. The van der Waals surface area contributed by atoms with E-state index in [4.69, 9.17) is 4.74 Å². The fraction of sp³-hybridized carbons (Fsp3) is 0.632. The highest BCUT2D eigenvalue weighted by Crippen LogP contribution is 2.29. The van der Waals surface area contributed by atoms with E-state index in [0.717, 1.165) is 24.7 Å². The van der Waals surface area contributed by atoms with E-state index in [9.17, 15) is 0 Å². The zero-order valence-corrected chi connectivity index (χ0v) is 15.8. The first-order chi connectivity index (χ1) is 12.0. The van der Waals surface area contributed by atoms with E-state index in [2.05, 4.69) is 48.4 Å². The van der Waals surface area contributed by atoms with Crippen LogP contribution in [0.1, 0.15) is 63.9 Å². The number of benzene rings is 1. The third-order valence-electron chi connectivity index (χ3n) is 4.99. The summed E-state index contributed by atoms with van der Waals surface area (Å²) >= 11 is 0. The summed E-state index contributed by atoms with van der Waals surface area (Å²) in [5.41, 5.74) is 1.01. The van der Waals surface area contributed by atoms with Crippen LogP contribution in [-0.4, -0.2) is 40.4 Å². The molecule has 1 aromatic heterocycles. The second-order valence-corrected chi connectivity index (χ2v) is 7.87. The maximum Gasteiger partial charge on any atom is 0.214 e. The molecule has 136 valence electrons. The van der Waals surface area contributed by atoms with Gasteiger partial charge in [0.15, 0.2) is 6.04 Å². The molecular weight excluding hydrogens is 314 g/mol. The lowest BCUT2D eigenvalue weighted by Crippen LogP contribution is -3.12. The van der Waals surface area contributed by atoms with Crippen LogP contribution in [0.4, 0.5) is 0 Å². The normalized spacial score (nSPS) is 17.9. The first kappa shape index (κ1) is 17.9. The monoisotopic (exact) mass is 344 g/mol. The summed E-state index contributed by atoms with van der Waals surface area (Å²) in [5.74, 6) is 1.83. The molecule has 0 aliphatic carbocycles. The molecule has 1 aliphatic heterocycles. The van der Waals surface area contributed by atoms with Gasteiger partial charge in [0.05, 0.1) is 31.3 Å². The van der Waals surface area contributed by atoms with Gasteiger partial charge < -0.3 is 9.64 Å². The van der Waals surface area contributed by atoms with Gasteiger partial charge in [-0.1, -0.05) is 12.1 Å². The number of aromatic nitrogens is 4. The molecule has 6 heteroatoms. The van der Waals surface area contributed by atoms with Gasteiger partial charge in [-0.15, -0.1) is 5.10 Å². The highest BCUT2D eigenvalue weighted by Gasteiger charge is 2.36. The van der Waals surface area contributed by atoms with Crippen molar-refractivity contribution >= 4 is 0 Å². The molecule has 2 aromatic rings. The number of nitrogens with zero attached hydrogens (tertiary/aromatic N) is 4. The minimum absolute atomic E-state index is 0.0866. The van der Waals surface area contributed by atoms with E-state index in [-0.39, 0.29) is 11.6 Å². The fourth-order valence-electron chi connectivity index (χ4n) is 3.77. The van der Waals surface area contributed by atoms with Gasteiger partial charge in [0.2, 0.25) is 5.82 Å². The maximum absolute atomic E-state index is 5.68. The van der Waals surface area contributed by atoms with Gasteiger partial charge >= 0.3 is 0 Å². The quantitative estimate of drug-likeness (QED) is 0.921. The summed E-state index contributed by atoms with van der Waals surface area (Å²) in [5, 5.41) is 12.8. The Morgan fingerprint density at radius 2 is 1.76 bits per heavy atom. The number of methoxy groups -OCH3 is 1. The Labute approximate surface area is 150 Å². The Bertz CT molecular complexity index is 683. The Kier molecular flexibility index (Phi) is 5.37. The number of para-hydroxylation sites is 1. The molecular formula is C19H30N5O+. The third kappa shape index (κ3) is 3.84. The molecule has 1 atom stereocenters. The minimum Gasteiger partial charge on any atom is -0.496 e. The lowest BCUT2D eigenvalue weighted by molar-refractivity contribution is -0.925. The molecule has 1 aliphatic rings. The zero-order valence-electron chi connectivity index (χ0n) is 15.8. The van der Waals surface area contributed by atoms with Crippen LogP contribution in [0.3, 0.4) is 0 Å². The van der Waals surface area contributed by atoms with Gasteiger partial charge in [-0.25, -0.2) is 4.68 Å². The van der Waals surface area contributed by atoms with Crippen molar-refractivity contribution in [1.82, 2.24) is 20.2 Å². The average molecular weight is 344 g/mol. The molecule has 1 aromatic carbocycles. The summed E-state index contributed by atoms with van der Waals surface area (Å²) in [7, 11) is 1.74. The largest absolute Gasteiger partial charge is 0.496 e. The van der Waals surface area contributed by atoms with E-state index in [1.807, 2.05) is 16.8 Å². The van der Waals surface area contributed by atoms with Crippen LogP contribution in [0.15, 0.2) is 24.3 Å². The number of nitrogens with one attached hydrogen (secondary N) is 1. The predicted molar refractivity (Wildman–Crippen MR) is 96.8 cm³/mol. The highest BCUT2D eigenvalue weighted by atomic mass is 16.5. The molecule has 25 heavy (non-hydrogen) atoms. The second-order valence-electron chi connectivity index (χ2n) is 7.87. The standard InChI is InChI=1S/C19H29N5O/c1-19(2,3)24-18(20-21-22-24)17(23-13-9-5-6-10-14-23)15-11-7-8-12-16(15)25-4/h7-8,11-12,17H,5-6,9-10,13-14H2,1-4H3/p+1/t17-/m1/s1. The van der Waals surface area contributed by atoms with Crippen LogP contribution < -0.4 is 9.64 Å². The van der Waals surface area contributed by atoms with Crippen molar-refractivity contribution in [3.8, 4) is 5.75 Å². The number of quaternary nitrogens is 1. The van der Waals surface area contributed by atoms with Gasteiger partial charge in [-0.05, 0) is 69.0 Å². The molecule has 0 bridgehead atoms. The first-order valence-corrected chi connectivity index (χ1v) is 9.28. The van der Waals surface area contributed by atoms with Gasteiger partial charge in [-0.2, -0.15) is 0 Å². The van der Waals surface area contributed by atoms with Gasteiger partial charge in [0.1, 0.15) is 5.75 Å². The Morgan fingerprint density at radius 3 is 2.40 bits per heavy atom. The summed E-state index contributed by atoms with van der Waals surface area (Å²) in [6.45, 7) is 8.71. The molecule has 0 saturated carbocycles. The second kappa shape index (κ2) is 7.52. The number of likely N-dealkylation sites (tertiary alicyclic amines) is 1. The van der Waals surface area contributed by atoms with Crippen LogP contribution >= 0.6 is 0 Å². The summed E-state index contributed by atoms with van der Waals surface area (Å²) in [4.78, 5) is 1.53. The molecule has 1 N–H and O–H groups in total. The molecule has 0 spiro atoms. The summed E-state index contributed by atoms with van der Waals surface area (Å²) in [6, 6.07) is 8.37. The van der Waals surface area contributed by atoms with Gasteiger partial charge in [0.25, 0.3) is 0 Å². The van der Waals surface area contributed by atoms with E-state index in [0.29, 0.717) is 0 Å². The average Bonchev–Trinajstić information content (AvgIpc) is 2.93. The van der Waals surface area contributed by atoms with Crippen molar-refractivity contribution in [3.05, 3.63) is 35.7 Å². The molecule has 0 unspecified atom stereocenters. The van der Waals surface area contributed by atoms with Crippen molar-refractivity contribution in [3.63, 3.8) is 0 Å². The number of hydrogen-bond acceptors (Lipinski definition) is 4. The minimum atomic E-state index is -0.162. The topological polar surface area (TPSA) is 57.3 Å². The predicted octanol–water partition coefficient (Wildman–Crippen LogP) is 1.98. The van der Waals surface area contributed by atoms with E-state index < -0.39 is 0 Å². The van der Waals surface area contributed by atoms with Crippen molar-refractivity contribution in [2.24, 2.45) is 0 Å². The van der Waals surface area contributed by atoms with Crippen molar-refractivity contribution in [2.45, 2.75) is 58.0 Å². The van der Waals surface area contributed by atoms with Crippen LogP contribution in [0.5, 0.6) is 5.75 Å². The molecule has 1 fully saturated rings. The number of hydrogen-bond donors (Lipinski definition) is 1. The van der Waals surface area contributed by atoms with Gasteiger partial charge in [-0.3, -0.25) is 0 Å². The molecule has 1 saturated heterocycles. The number of rotatable bonds is 4. The molecule has 3 rings (SSSR count). The Balaban J connectivity index is 2.11. The van der Waals surface area contributed by atoms with Crippen LogP contribution in [0, 0.1) is 0 Å². The lowest BCUT2D eigenvalue weighted by atomic mass is 10.0. The third-order valence-corrected chi connectivity index (χ3v) is 4.99. The summed E-state index contributed by atoms with van der Waals surface area (Å²) in [6.07, 6.45) is 5.12. The number of tetrazole rings is 1. The van der Waals surface area contributed by atoms with Crippen LogP contribution in [0.25, 0.3) is 0 Å². The van der Waals surface area contributed by atoms with Crippen LogP contribution in [0.2, 0.25) is 0 Å². The number of ether oxygens (including phenoxy) is 1. The first-order valence-electron chi connectivity index (χ1n) is 9.28. The zero-order chi connectivity index (χ0) is 17.9. The van der Waals surface area contributed by atoms with Crippen molar-refractivity contribution in [2.75, 3.05) is 20.2 Å². The molecule has 0 amide bonds. The van der Waals surface area contributed by atoms with E-state index >= 15 is 0 Å². The van der Waals surface area contributed by atoms with Crippen molar-refractivity contribution in [1.29, 1.82) is 0 Å². The fourth-order valence-corrected chi connectivity index (χ4v) is 3.77. The lowest BCUT2D eigenvalue weighted by Gasteiger charge is -2.30. The smallest absolute Gasteiger partial charge is 0.214 e. The Hall–Kier alpha value is -1.95. The van der Waals surface area contributed by atoms with E-state index in [1.54, 1.807) is 7.11 Å². The maximum atomic E-state index is 5.68. The molecule has 2 heterocycles. The summed E-state index contributed by atoms with van der Waals surface area (Å²) < 4.78 is 7.65. The molecule has 0 radical (unpaired) electrons. The SMILES string of the molecule is COc1ccccc1[C@H](c1nnnn1C(C)(C)C)[NH+]1CCCCCC1. The molecule has 6 nitrogen and oxygen atoms in total. The van der Waals surface area contributed by atoms with Gasteiger partial charge in [0, 0.05) is 0 Å².